The third-order valence-electron chi connectivity index (χ3n) is 3.29. The lowest BCUT2D eigenvalue weighted by molar-refractivity contribution is -0.145. The van der Waals surface area contributed by atoms with Gasteiger partial charge in [0.15, 0.2) is 0 Å². The molecule has 0 fully saturated rings. The Bertz CT molecular complexity index is 771. The molecule has 122 valence electrons. The van der Waals surface area contributed by atoms with E-state index < -0.39 is 24.0 Å². The quantitative estimate of drug-likeness (QED) is 0.768. The van der Waals surface area contributed by atoms with Gasteiger partial charge in [-0.2, -0.15) is 5.10 Å². The molecule has 1 heterocycles. The molecule has 8 nitrogen and oxygen atoms in total. The summed E-state index contributed by atoms with van der Waals surface area (Å²) in [6, 6.07) is 6.93. The number of aliphatic carboxylic acids is 1. The lowest BCUT2D eigenvalue weighted by Crippen LogP contribution is -2.41. The van der Waals surface area contributed by atoms with E-state index in [9.17, 15) is 14.4 Å². The zero-order valence-electron chi connectivity index (χ0n) is 12.6. The molecular weight excluding hydrogens is 302 g/mol. The van der Waals surface area contributed by atoms with Crippen LogP contribution in [-0.2, 0) is 20.9 Å². The van der Waals surface area contributed by atoms with Crippen LogP contribution in [0.2, 0.25) is 0 Å². The maximum Gasteiger partial charge on any atom is 0.323 e. The van der Waals surface area contributed by atoms with Crippen LogP contribution in [0.15, 0.2) is 35.3 Å². The summed E-state index contributed by atoms with van der Waals surface area (Å²) in [6.45, 7) is -0.436. The number of carboxylic acid groups (broad SMARTS) is 1. The number of carbonyl (C=O) groups is 2. The lowest BCUT2D eigenvalue weighted by atomic mass is 10.2. The van der Waals surface area contributed by atoms with Gasteiger partial charge in [-0.3, -0.25) is 14.4 Å². The van der Waals surface area contributed by atoms with Gasteiger partial charge in [0, 0.05) is 19.0 Å². The number of rotatable bonds is 7. The molecule has 1 amide bonds. The van der Waals surface area contributed by atoms with Gasteiger partial charge in [-0.05, 0) is 6.07 Å². The first-order valence-corrected chi connectivity index (χ1v) is 6.96. The van der Waals surface area contributed by atoms with E-state index in [0.717, 1.165) is 9.58 Å². The molecule has 8 heteroatoms. The molecule has 0 saturated heterocycles. The molecule has 0 aliphatic rings. The number of benzene rings is 1. The lowest BCUT2D eigenvalue weighted by Gasteiger charge is -2.20. The molecular formula is C15H17N3O5. The smallest absolute Gasteiger partial charge is 0.323 e. The van der Waals surface area contributed by atoms with Crippen molar-refractivity contribution in [1.29, 1.82) is 0 Å². The molecule has 0 atom stereocenters. The van der Waals surface area contributed by atoms with Gasteiger partial charge >= 0.3 is 5.97 Å². The van der Waals surface area contributed by atoms with E-state index in [4.69, 9.17) is 9.84 Å². The molecule has 2 rings (SSSR count). The molecule has 1 aromatic heterocycles. The molecule has 0 bridgehead atoms. The molecule has 1 N–H and O–H groups in total. The van der Waals surface area contributed by atoms with Crippen molar-refractivity contribution in [2.75, 3.05) is 26.8 Å². The van der Waals surface area contributed by atoms with E-state index in [-0.39, 0.29) is 19.7 Å². The van der Waals surface area contributed by atoms with E-state index in [1.807, 2.05) is 0 Å². The largest absolute Gasteiger partial charge is 0.480 e. The average Bonchev–Trinajstić information content (AvgIpc) is 2.54. The van der Waals surface area contributed by atoms with Crippen LogP contribution >= 0.6 is 0 Å². The average molecular weight is 319 g/mol. The summed E-state index contributed by atoms with van der Waals surface area (Å²) < 4.78 is 5.90. The Balaban J connectivity index is 2.22. The second-order valence-corrected chi connectivity index (χ2v) is 4.90. The Morgan fingerprint density at radius 2 is 2.09 bits per heavy atom. The first kappa shape index (κ1) is 16.6. The Labute approximate surface area is 131 Å². The molecule has 0 radical (unpaired) electrons. The summed E-state index contributed by atoms with van der Waals surface area (Å²) in [5.74, 6) is -1.64. The fourth-order valence-electron chi connectivity index (χ4n) is 2.13. The molecule has 23 heavy (non-hydrogen) atoms. The highest BCUT2D eigenvalue weighted by Crippen LogP contribution is 2.06. The highest BCUT2D eigenvalue weighted by atomic mass is 16.5. The van der Waals surface area contributed by atoms with E-state index in [1.165, 1.54) is 13.3 Å². The van der Waals surface area contributed by atoms with Crippen LogP contribution in [0, 0.1) is 0 Å². The van der Waals surface area contributed by atoms with Gasteiger partial charge < -0.3 is 14.7 Å². The van der Waals surface area contributed by atoms with Gasteiger partial charge in [0.2, 0.25) is 5.91 Å². The SMILES string of the molecule is COCCN(CC(=O)O)C(=O)Cn1ncc2ccccc2c1=O. The standard InChI is InChI=1S/C15H17N3O5/c1-23-7-6-17(10-14(20)21)13(19)9-18-15(22)12-5-3-2-4-11(12)8-16-18/h2-5,8H,6-7,9-10H2,1H3,(H,20,21). The van der Waals surface area contributed by atoms with Crippen LogP contribution in [0.3, 0.4) is 0 Å². The van der Waals surface area contributed by atoms with Crippen LogP contribution in [0.4, 0.5) is 0 Å². The zero-order chi connectivity index (χ0) is 16.8. The fraction of sp³-hybridized carbons (Fsp3) is 0.333. The second kappa shape index (κ2) is 7.50. The number of fused-ring (bicyclic) bond motifs is 1. The molecule has 2 aromatic rings. The van der Waals surface area contributed by atoms with Gasteiger partial charge in [0.25, 0.3) is 5.56 Å². The number of carboxylic acids is 1. The van der Waals surface area contributed by atoms with Crippen molar-refractivity contribution in [3.05, 3.63) is 40.8 Å². The predicted octanol–water partition coefficient (Wildman–Crippen LogP) is -0.0439. The Kier molecular flexibility index (Phi) is 5.42. The normalized spacial score (nSPS) is 10.7. The molecule has 1 aromatic carbocycles. The van der Waals surface area contributed by atoms with Crippen LogP contribution in [-0.4, -0.2) is 58.5 Å². The van der Waals surface area contributed by atoms with E-state index >= 15 is 0 Å². The third-order valence-corrected chi connectivity index (χ3v) is 3.29. The van der Waals surface area contributed by atoms with Gasteiger partial charge in [0.05, 0.1) is 18.2 Å². The number of hydrogen-bond acceptors (Lipinski definition) is 5. The predicted molar refractivity (Wildman–Crippen MR) is 82.1 cm³/mol. The fourth-order valence-corrected chi connectivity index (χ4v) is 2.13. The number of hydrogen-bond donors (Lipinski definition) is 1. The summed E-state index contributed by atoms with van der Waals surface area (Å²) in [7, 11) is 1.46. The van der Waals surface area contributed by atoms with Gasteiger partial charge in [-0.25, -0.2) is 4.68 Å². The maximum absolute atomic E-state index is 12.3. The summed E-state index contributed by atoms with van der Waals surface area (Å²) in [4.78, 5) is 36.5. The van der Waals surface area contributed by atoms with Gasteiger partial charge in [-0.15, -0.1) is 0 Å². The highest BCUT2D eigenvalue weighted by Gasteiger charge is 2.18. The van der Waals surface area contributed by atoms with Crippen molar-refractivity contribution in [2.24, 2.45) is 0 Å². The van der Waals surface area contributed by atoms with Crippen molar-refractivity contribution in [3.8, 4) is 0 Å². The summed E-state index contributed by atoms with van der Waals surface area (Å²) >= 11 is 0. The van der Waals surface area contributed by atoms with Crippen LogP contribution in [0.5, 0.6) is 0 Å². The van der Waals surface area contributed by atoms with Crippen LogP contribution < -0.4 is 5.56 Å². The van der Waals surface area contributed by atoms with Crippen molar-refractivity contribution in [3.63, 3.8) is 0 Å². The van der Waals surface area contributed by atoms with E-state index in [0.29, 0.717) is 10.8 Å². The third kappa shape index (κ3) is 4.13. The highest BCUT2D eigenvalue weighted by molar-refractivity contribution is 5.82. The van der Waals surface area contributed by atoms with E-state index in [2.05, 4.69) is 5.10 Å². The molecule has 0 aliphatic carbocycles. The molecule has 0 spiro atoms. The minimum Gasteiger partial charge on any atom is -0.480 e. The Hall–Kier alpha value is -2.74. The number of amides is 1. The number of carbonyl (C=O) groups excluding carboxylic acids is 1. The van der Waals surface area contributed by atoms with Gasteiger partial charge in [-0.1, -0.05) is 18.2 Å². The Morgan fingerprint density at radius 1 is 1.35 bits per heavy atom. The van der Waals surface area contributed by atoms with Crippen molar-refractivity contribution < 1.29 is 19.4 Å². The van der Waals surface area contributed by atoms with Crippen molar-refractivity contribution >= 4 is 22.6 Å². The summed E-state index contributed by atoms with van der Waals surface area (Å²) in [6.07, 6.45) is 1.50. The number of ether oxygens (including phenoxy) is 1. The van der Waals surface area contributed by atoms with Crippen molar-refractivity contribution in [1.82, 2.24) is 14.7 Å². The maximum atomic E-state index is 12.3. The summed E-state index contributed by atoms with van der Waals surface area (Å²) in [5, 5.41) is 14.0. The van der Waals surface area contributed by atoms with Gasteiger partial charge in [0.1, 0.15) is 13.1 Å². The topological polar surface area (TPSA) is 102 Å². The molecule has 0 aliphatic heterocycles. The Morgan fingerprint density at radius 3 is 2.78 bits per heavy atom. The number of nitrogens with zero attached hydrogens (tertiary/aromatic N) is 3. The molecule has 0 unspecified atom stereocenters. The minimum absolute atomic E-state index is 0.129. The first-order valence-electron chi connectivity index (χ1n) is 6.96. The second-order valence-electron chi connectivity index (χ2n) is 4.90. The van der Waals surface area contributed by atoms with Crippen LogP contribution in [0.25, 0.3) is 10.8 Å². The number of aromatic nitrogens is 2. The van der Waals surface area contributed by atoms with Crippen LogP contribution in [0.1, 0.15) is 0 Å². The summed E-state index contributed by atoms with van der Waals surface area (Å²) in [5.41, 5.74) is -0.390. The number of methoxy groups -OCH3 is 1. The van der Waals surface area contributed by atoms with Crippen molar-refractivity contribution in [2.45, 2.75) is 6.54 Å². The monoisotopic (exact) mass is 319 g/mol. The molecule has 0 saturated carbocycles. The first-order chi connectivity index (χ1) is 11.0. The minimum atomic E-state index is -1.13. The zero-order valence-corrected chi connectivity index (χ0v) is 12.6. The van der Waals surface area contributed by atoms with E-state index in [1.54, 1.807) is 24.3 Å².